The molecule has 0 aliphatic carbocycles. The van der Waals surface area contributed by atoms with Gasteiger partial charge < -0.3 is 8.98 Å². The van der Waals surface area contributed by atoms with E-state index in [4.69, 9.17) is 4.43 Å². The van der Waals surface area contributed by atoms with Crippen LogP contribution in [0.4, 0.5) is 13.2 Å². The zero-order valence-corrected chi connectivity index (χ0v) is 21.2. The van der Waals surface area contributed by atoms with Crippen LogP contribution in [0.1, 0.15) is 71.2 Å². The molecular weight excluding hydrogens is 427 g/mol. The van der Waals surface area contributed by atoms with Gasteiger partial charge in [-0.3, -0.25) is 0 Å². The molecule has 0 bridgehead atoms. The Hall–Kier alpha value is -0.983. The average Bonchev–Trinajstić information content (AvgIpc) is 2.55. The largest absolute Gasteiger partial charge is 0.598 e. The van der Waals surface area contributed by atoms with E-state index in [9.17, 15) is 17.7 Å². The molecule has 0 spiro atoms. The SMILES string of the molecule is CC(N[S+]([O-])C(C)(C)C)c1cccc(C(F)(F)F)c1C#CCO[Si](C)(C)C(C)(C)C. The molecule has 0 heterocycles. The number of hydrogen-bond acceptors (Lipinski definition) is 3. The van der Waals surface area contributed by atoms with Crippen LogP contribution in [0.25, 0.3) is 0 Å². The minimum absolute atomic E-state index is 0.0147. The monoisotopic (exact) mass is 461 g/mol. The van der Waals surface area contributed by atoms with E-state index in [1.165, 1.54) is 6.07 Å². The number of nitrogens with one attached hydrogen (secondary N) is 1. The molecule has 30 heavy (non-hydrogen) atoms. The van der Waals surface area contributed by atoms with E-state index >= 15 is 0 Å². The first kappa shape index (κ1) is 27.1. The Bertz CT molecular complexity index is 787. The second-order valence-electron chi connectivity index (χ2n) is 9.84. The van der Waals surface area contributed by atoms with Gasteiger partial charge in [0.2, 0.25) is 0 Å². The van der Waals surface area contributed by atoms with E-state index in [0.29, 0.717) is 5.56 Å². The molecule has 8 heteroatoms. The summed E-state index contributed by atoms with van der Waals surface area (Å²) in [6.45, 7) is 17.6. The van der Waals surface area contributed by atoms with Gasteiger partial charge in [0, 0.05) is 16.9 Å². The van der Waals surface area contributed by atoms with Gasteiger partial charge in [0.1, 0.15) is 4.75 Å². The first-order valence-electron chi connectivity index (χ1n) is 9.89. The Labute approximate surface area is 183 Å². The van der Waals surface area contributed by atoms with Crippen LogP contribution in [0.15, 0.2) is 18.2 Å². The highest BCUT2D eigenvalue weighted by molar-refractivity contribution is 7.90. The van der Waals surface area contributed by atoms with Crippen molar-refractivity contribution in [3.05, 3.63) is 34.9 Å². The summed E-state index contributed by atoms with van der Waals surface area (Å²) in [5, 5.41) is -0.0147. The minimum atomic E-state index is -4.54. The maximum absolute atomic E-state index is 13.6. The van der Waals surface area contributed by atoms with Crippen molar-refractivity contribution in [2.24, 2.45) is 0 Å². The summed E-state index contributed by atoms with van der Waals surface area (Å²) in [6.07, 6.45) is -4.54. The van der Waals surface area contributed by atoms with Crippen LogP contribution < -0.4 is 4.72 Å². The van der Waals surface area contributed by atoms with Gasteiger partial charge in [-0.05, 0) is 57.5 Å². The number of rotatable bonds is 5. The molecule has 1 N–H and O–H groups in total. The molecule has 1 aromatic rings. The minimum Gasteiger partial charge on any atom is -0.598 e. The molecule has 1 rings (SSSR count). The zero-order chi connectivity index (χ0) is 23.5. The molecule has 0 aromatic heterocycles. The highest BCUT2D eigenvalue weighted by atomic mass is 32.2. The first-order valence-corrected chi connectivity index (χ1v) is 13.9. The van der Waals surface area contributed by atoms with Crippen molar-refractivity contribution in [1.82, 2.24) is 4.72 Å². The smallest absolute Gasteiger partial charge is 0.417 e. The molecule has 0 aliphatic heterocycles. The fourth-order valence-electron chi connectivity index (χ4n) is 2.27. The predicted molar refractivity (Wildman–Crippen MR) is 121 cm³/mol. The molecule has 0 aliphatic rings. The fourth-order valence-corrected chi connectivity index (χ4v) is 3.93. The van der Waals surface area contributed by atoms with Gasteiger partial charge >= 0.3 is 6.18 Å². The normalized spacial score (nSPS) is 15.4. The van der Waals surface area contributed by atoms with E-state index in [-0.39, 0.29) is 17.2 Å². The summed E-state index contributed by atoms with van der Waals surface area (Å²) in [5.74, 6) is 5.47. The van der Waals surface area contributed by atoms with Crippen molar-refractivity contribution in [1.29, 1.82) is 0 Å². The molecule has 0 fully saturated rings. The highest BCUT2D eigenvalue weighted by Gasteiger charge is 2.37. The molecule has 2 atom stereocenters. The number of benzene rings is 1. The van der Waals surface area contributed by atoms with Gasteiger partial charge in [-0.25, -0.2) is 0 Å². The Morgan fingerprint density at radius 1 is 1.13 bits per heavy atom. The third kappa shape index (κ3) is 7.31. The molecule has 0 amide bonds. The maximum atomic E-state index is 13.6. The lowest BCUT2D eigenvalue weighted by molar-refractivity contribution is -0.137. The first-order chi connectivity index (χ1) is 13.4. The second kappa shape index (κ2) is 9.66. The summed E-state index contributed by atoms with van der Waals surface area (Å²) >= 11 is -1.43. The van der Waals surface area contributed by atoms with Crippen molar-refractivity contribution >= 4 is 19.7 Å². The van der Waals surface area contributed by atoms with E-state index < -0.39 is 42.2 Å². The van der Waals surface area contributed by atoms with Crippen molar-refractivity contribution < 1.29 is 22.2 Å². The lowest BCUT2D eigenvalue weighted by Gasteiger charge is -2.35. The van der Waals surface area contributed by atoms with E-state index in [0.717, 1.165) is 6.07 Å². The lowest BCUT2D eigenvalue weighted by Crippen LogP contribution is -2.40. The van der Waals surface area contributed by atoms with Gasteiger partial charge in [-0.15, -0.1) is 4.72 Å². The molecule has 0 saturated carbocycles. The van der Waals surface area contributed by atoms with Gasteiger partial charge in [0.25, 0.3) is 0 Å². The van der Waals surface area contributed by atoms with E-state index in [1.54, 1.807) is 33.8 Å². The Balaban J connectivity index is 3.26. The van der Waals surface area contributed by atoms with Crippen molar-refractivity contribution in [2.45, 2.75) is 83.6 Å². The number of alkyl halides is 3. The molecule has 1 aromatic carbocycles. The lowest BCUT2D eigenvalue weighted by atomic mass is 9.96. The van der Waals surface area contributed by atoms with Crippen LogP contribution in [0.3, 0.4) is 0 Å². The molecule has 3 nitrogen and oxygen atoms in total. The summed E-state index contributed by atoms with van der Waals surface area (Å²) in [6, 6.07) is 3.40. The Kier molecular flexibility index (Phi) is 8.71. The molecule has 0 saturated heterocycles. The molecule has 2 unspecified atom stereocenters. The molecular formula is C22H34F3NO2SSi. The summed E-state index contributed by atoms with van der Waals surface area (Å²) in [4.78, 5) is 0. The average molecular weight is 462 g/mol. The van der Waals surface area contributed by atoms with Gasteiger partial charge in [0.05, 0.1) is 18.2 Å². The maximum Gasteiger partial charge on any atom is 0.417 e. The third-order valence-electron chi connectivity index (χ3n) is 5.23. The summed E-state index contributed by atoms with van der Waals surface area (Å²) < 4.78 is 61.6. The highest BCUT2D eigenvalue weighted by Crippen LogP contribution is 2.37. The summed E-state index contributed by atoms with van der Waals surface area (Å²) in [5.41, 5.74) is -0.535. The van der Waals surface area contributed by atoms with Gasteiger partial charge in [-0.1, -0.05) is 44.7 Å². The third-order valence-corrected chi connectivity index (χ3v) is 11.4. The molecule has 0 radical (unpaired) electrons. The van der Waals surface area contributed by atoms with Crippen molar-refractivity contribution in [3.8, 4) is 11.8 Å². The van der Waals surface area contributed by atoms with Crippen LogP contribution in [-0.2, 0) is 22.0 Å². The standard InChI is InChI=1S/C22H34F3NO2SSi/c1-16(26-29(27)20(2,3)4)17-12-10-14-19(22(23,24)25)18(17)13-11-15-28-30(8,9)21(5,6)7/h10,12,14,16,26H,15H2,1-9H3. The van der Waals surface area contributed by atoms with E-state index in [1.807, 2.05) is 0 Å². The molecule has 170 valence electrons. The topological polar surface area (TPSA) is 44.3 Å². The van der Waals surface area contributed by atoms with Crippen LogP contribution in [0, 0.1) is 11.8 Å². The van der Waals surface area contributed by atoms with Crippen molar-refractivity contribution in [3.63, 3.8) is 0 Å². The zero-order valence-electron chi connectivity index (χ0n) is 19.4. The second-order valence-corrected chi connectivity index (χ2v) is 16.6. The van der Waals surface area contributed by atoms with Crippen LogP contribution in [0.5, 0.6) is 0 Å². The van der Waals surface area contributed by atoms with Crippen LogP contribution >= 0.6 is 0 Å². The quantitative estimate of drug-likeness (QED) is 0.323. The van der Waals surface area contributed by atoms with Gasteiger partial charge in [0.15, 0.2) is 8.32 Å². The number of halogens is 3. The summed E-state index contributed by atoms with van der Waals surface area (Å²) in [7, 11) is -2.05. The van der Waals surface area contributed by atoms with E-state index in [2.05, 4.69) is 50.4 Å². The Morgan fingerprint density at radius 3 is 2.17 bits per heavy atom. The van der Waals surface area contributed by atoms with Crippen LogP contribution in [0.2, 0.25) is 18.1 Å². The Morgan fingerprint density at radius 2 is 1.70 bits per heavy atom. The predicted octanol–water partition coefficient (Wildman–Crippen LogP) is 6.19. The fraction of sp³-hybridized carbons (Fsp3) is 0.636. The number of hydrogen-bond donors (Lipinski definition) is 1. The van der Waals surface area contributed by atoms with Crippen molar-refractivity contribution in [2.75, 3.05) is 6.61 Å². The van der Waals surface area contributed by atoms with Crippen LogP contribution in [-0.4, -0.2) is 24.2 Å². The van der Waals surface area contributed by atoms with Gasteiger partial charge in [-0.2, -0.15) is 13.2 Å².